The van der Waals surface area contributed by atoms with Crippen molar-refractivity contribution in [3.8, 4) is 0 Å². The fourth-order valence-electron chi connectivity index (χ4n) is 2.11. The van der Waals surface area contributed by atoms with E-state index in [-0.39, 0.29) is 11.8 Å². The minimum atomic E-state index is -0.353. The third kappa shape index (κ3) is 6.52. The second kappa shape index (κ2) is 9.31. The molecule has 0 fully saturated rings. The van der Waals surface area contributed by atoms with Gasteiger partial charge >= 0.3 is 0 Å². The van der Waals surface area contributed by atoms with Crippen LogP contribution in [0.15, 0.2) is 23.9 Å². The first-order chi connectivity index (χ1) is 9.63. The van der Waals surface area contributed by atoms with Crippen molar-refractivity contribution in [2.24, 2.45) is 5.92 Å². The average Bonchev–Trinajstić information content (AvgIpc) is 2.44. The third-order valence-electron chi connectivity index (χ3n) is 3.40. The van der Waals surface area contributed by atoms with Crippen molar-refractivity contribution in [3.05, 3.63) is 23.9 Å². The molecule has 1 aliphatic carbocycles. The van der Waals surface area contributed by atoms with Gasteiger partial charge in [0.1, 0.15) is 0 Å². The molecule has 0 aromatic rings. The van der Waals surface area contributed by atoms with Crippen LogP contribution >= 0.6 is 0 Å². The molecule has 0 saturated heterocycles. The van der Waals surface area contributed by atoms with E-state index in [4.69, 9.17) is 5.21 Å². The molecule has 5 nitrogen and oxygen atoms in total. The largest absolute Gasteiger partial charge is 0.330 e. The molecule has 0 aromatic carbocycles. The summed E-state index contributed by atoms with van der Waals surface area (Å²) in [5.41, 5.74) is 2.61. The van der Waals surface area contributed by atoms with Gasteiger partial charge in [-0.05, 0) is 31.3 Å². The highest BCUT2D eigenvalue weighted by Crippen LogP contribution is 2.17. The maximum atomic E-state index is 11.8. The van der Waals surface area contributed by atoms with Crippen LogP contribution in [0.1, 0.15) is 51.9 Å². The summed E-state index contributed by atoms with van der Waals surface area (Å²) < 4.78 is 0. The molecule has 1 unspecified atom stereocenters. The van der Waals surface area contributed by atoms with Crippen LogP contribution in [0.25, 0.3) is 0 Å². The van der Waals surface area contributed by atoms with Gasteiger partial charge in [0.05, 0.1) is 0 Å². The first kappa shape index (κ1) is 16.4. The Morgan fingerprint density at radius 1 is 1.20 bits per heavy atom. The minimum absolute atomic E-state index is 0.0616. The van der Waals surface area contributed by atoms with Crippen molar-refractivity contribution in [1.29, 1.82) is 0 Å². The van der Waals surface area contributed by atoms with Crippen LogP contribution in [0, 0.1) is 5.92 Å². The van der Waals surface area contributed by atoms with E-state index in [1.807, 2.05) is 12.2 Å². The van der Waals surface area contributed by atoms with Gasteiger partial charge in [-0.15, -0.1) is 0 Å². The van der Waals surface area contributed by atoms with Crippen molar-refractivity contribution >= 4 is 11.8 Å². The highest BCUT2D eigenvalue weighted by molar-refractivity contribution is 5.78. The van der Waals surface area contributed by atoms with Gasteiger partial charge in [0.2, 0.25) is 11.8 Å². The zero-order chi connectivity index (χ0) is 14.8. The molecule has 0 aliphatic heterocycles. The molecule has 2 amide bonds. The molecule has 20 heavy (non-hydrogen) atoms. The number of carbonyl (C=O) groups excluding carboxylic acids is 2. The quantitative estimate of drug-likeness (QED) is 0.363. The van der Waals surface area contributed by atoms with Crippen molar-refractivity contribution in [1.82, 2.24) is 10.8 Å². The maximum Gasteiger partial charge on any atom is 0.243 e. The van der Waals surface area contributed by atoms with Gasteiger partial charge in [-0.2, -0.15) is 0 Å². The first-order valence-electron chi connectivity index (χ1n) is 7.23. The SMILES string of the molecule is CC1CC=CC=C1NC(=O)CCCCCCC(=O)NO. The fraction of sp³-hybridized carbons (Fsp3) is 0.600. The molecule has 0 bridgehead atoms. The Morgan fingerprint density at radius 2 is 1.85 bits per heavy atom. The molecule has 0 radical (unpaired) electrons. The molecule has 1 atom stereocenters. The van der Waals surface area contributed by atoms with Crippen molar-refractivity contribution in [3.63, 3.8) is 0 Å². The molecule has 5 heteroatoms. The second-order valence-corrected chi connectivity index (χ2v) is 5.18. The standard InChI is InChI=1S/C15H24N2O3/c1-12-8-6-7-9-13(12)16-14(18)10-4-2-3-5-11-15(19)17-20/h6-7,9,12,20H,2-5,8,10-11H2,1H3,(H,16,18)(H,17,19). The summed E-state index contributed by atoms with van der Waals surface area (Å²) in [7, 11) is 0. The number of allylic oxidation sites excluding steroid dienone is 4. The van der Waals surface area contributed by atoms with Crippen LogP contribution in [-0.4, -0.2) is 17.0 Å². The molecule has 0 aromatic heterocycles. The van der Waals surface area contributed by atoms with E-state index in [0.29, 0.717) is 18.8 Å². The summed E-state index contributed by atoms with van der Waals surface area (Å²) in [4.78, 5) is 22.5. The zero-order valence-electron chi connectivity index (χ0n) is 12.0. The normalized spacial score (nSPS) is 17.5. The first-order valence-corrected chi connectivity index (χ1v) is 7.23. The van der Waals surface area contributed by atoms with Crippen LogP contribution < -0.4 is 10.8 Å². The van der Waals surface area contributed by atoms with E-state index >= 15 is 0 Å². The highest BCUT2D eigenvalue weighted by Gasteiger charge is 2.12. The minimum Gasteiger partial charge on any atom is -0.330 e. The molecule has 112 valence electrons. The van der Waals surface area contributed by atoms with Crippen molar-refractivity contribution < 1.29 is 14.8 Å². The van der Waals surface area contributed by atoms with Crippen molar-refractivity contribution in [2.75, 3.05) is 0 Å². The van der Waals surface area contributed by atoms with Gasteiger partial charge in [0.15, 0.2) is 0 Å². The van der Waals surface area contributed by atoms with E-state index in [1.54, 1.807) is 5.48 Å². The van der Waals surface area contributed by atoms with Gasteiger partial charge in [-0.25, -0.2) is 5.48 Å². The zero-order valence-corrected chi connectivity index (χ0v) is 12.0. The predicted octanol–water partition coefficient (Wildman–Crippen LogP) is 2.43. The summed E-state index contributed by atoms with van der Waals surface area (Å²) in [5, 5.41) is 11.3. The van der Waals surface area contributed by atoms with E-state index in [1.165, 1.54) is 0 Å². The fourth-order valence-corrected chi connectivity index (χ4v) is 2.11. The number of hydroxylamine groups is 1. The average molecular weight is 280 g/mol. The summed E-state index contributed by atoms with van der Waals surface area (Å²) in [5.74, 6) is 0.0847. The Balaban J connectivity index is 2.07. The number of amides is 2. The van der Waals surface area contributed by atoms with Crippen LogP contribution in [0.2, 0.25) is 0 Å². The number of hydrogen-bond acceptors (Lipinski definition) is 3. The number of unbranched alkanes of at least 4 members (excludes halogenated alkanes) is 3. The number of nitrogens with one attached hydrogen (secondary N) is 2. The Bertz CT molecular complexity index is 389. The maximum absolute atomic E-state index is 11.8. The topological polar surface area (TPSA) is 78.4 Å². The van der Waals surface area contributed by atoms with Crippen molar-refractivity contribution in [2.45, 2.75) is 51.9 Å². The number of hydrogen-bond donors (Lipinski definition) is 3. The predicted molar refractivity (Wildman–Crippen MR) is 76.8 cm³/mol. The number of carbonyl (C=O) groups is 2. The molecular formula is C15H24N2O3. The molecule has 1 rings (SSSR count). The van der Waals surface area contributed by atoms with E-state index in [2.05, 4.69) is 18.3 Å². The summed E-state index contributed by atoms with van der Waals surface area (Å²) in [6, 6.07) is 0. The lowest BCUT2D eigenvalue weighted by Crippen LogP contribution is -2.26. The molecule has 0 heterocycles. The van der Waals surface area contributed by atoms with E-state index in [9.17, 15) is 9.59 Å². The molecular weight excluding hydrogens is 256 g/mol. The molecule has 0 saturated carbocycles. The van der Waals surface area contributed by atoms with Gasteiger partial charge in [0.25, 0.3) is 0 Å². The lowest BCUT2D eigenvalue weighted by atomic mass is 9.99. The highest BCUT2D eigenvalue weighted by atomic mass is 16.5. The second-order valence-electron chi connectivity index (χ2n) is 5.18. The lowest BCUT2D eigenvalue weighted by Gasteiger charge is -2.18. The molecule has 0 spiro atoms. The third-order valence-corrected chi connectivity index (χ3v) is 3.40. The Labute approximate surface area is 120 Å². The van der Waals surface area contributed by atoms with Gasteiger partial charge < -0.3 is 5.32 Å². The Morgan fingerprint density at radius 3 is 2.45 bits per heavy atom. The molecule has 3 N–H and O–H groups in total. The van der Waals surface area contributed by atoms with Crippen LogP contribution in [0.5, 0.6) is 0 Å². The number of rotatable bonds is 8. The van der Waals surface area contributed by atoms with E-state index < -0.39 is 0 Å². The smallest absolute Gasteiger partial charge is 0.243 e. The lowest BCUT2D eigenvalue weighted by molar-refractivity contribution is -0.129. The van der Waals surface area contributed by atoms with Gasteiger partial charge in [-0.3, -0.25) is 14.8 Å². The van der Waals surface area contributed by atoms with Gasteiger partial charge in [0, 0.05) is 18.5 Å². The summed E-state index contributed by atoms with van der Waals surface area (Å²) >= 11 is 0. The summed E-state index contributed by atoms with van der Waals surface area (Å²) in [6.45, 7) is 2.10. The summed E-state index contributed by atoms with van der Waals surface area (Å²) in [6.07, 6.45) is 11.2. The van der Waals surface area contributed by atoms with E-state index in [0.717, 1.165) is 37.8 Å². The van der Waals surface area contributed by atoms with Gasteiger partial charge in [-0.1, -0.05) is 31.9 Å². The van der Waals surface area contributed by atoms with Crippen LogP contribution in [0.3, 0.4) is 0 Å². The monoisotopic (exact) mass is 280 g/mol. The Hall–Kier alpha value is -1.62. The molecule has 1 aliphatic rings. The van der Waals surface area contributed by atoms with Crippen LogP contribution in [-0.2, 0) is 9.59 Å². The Kier molecular flexibility index (Phi) is 7.65. The van der Waals surface area contributed by atoms with Crippen LogP contribution in [0.4, 0.5) is 0 Å².